The lowest BCUT2D eigenvalue weighted by Crippen LogP contribution is -2.39. The third kappa shape index (κ3) is 4.02. The maximum absolute atomic E-state index is 11.9. The average Bonchev–Trinajstić information content (AvgIpc) is 2.31. The minimum Gasteiger partial charge on any atom is -0.383 e. The molecule has 1 rings (SSSR count). The highest BCUT2D eigenvalue weighted by Gasteiger charge is 2.12. The Bertz CT molecular complexity index is 393. The smallest absolute Gasteiger partial charge is 0.251 e. The summed E-state index contributed by atoms with van der Waals surface area (Å²) in [6.07, 6.45) is 0. The predicted molar refractivity (Wildman–Crippen MR) is 69.8 cm³/mol. The number of rotatable bonds is 5. The molecule has 17 heavy (non-hydrogen) atoms. The highest BCUT2D eigenvalue weighted by atomic mass is 35.5. The van der Waals surface area contributed by atoms with E-state index in [1.54, 1.807) is 7.11 Å². The van der Waals surface area contributed by atoms with Crippen molar-refractivity contribution >= 4 is 17.5 Å². The van der Waals surface area contributed by atoms with E-state index in [0.29, 0.717) is 18.1 Å². The molecule has 1 amide bonds. The number of hydrogen-bond acceptors (Lipinski definition) is 2. The van der Waals surface area contributed by atoms with E-state index in [4.69, 9.17) is 16.3 Å². The van der Waals surface area contributed by atoms with E-state index in [2.05, 4.69) is 5.32 Å². The third-order valence-electron chi connectivity index (χ3n) is 2.66. The average molecular weight is 256 g/mol. The van der Waals surface area contributed by atoms with Gasteiger partial charge in [0.1, 0.15) is 0 Å². The number of benzene rings is 1. The first-order chi connectivity index (χ1) is 8.08. The van der Waals surface area contributed by atoms with Crippen molar-refractivity contribution < 1.29 is 9.53 Å². The van der Waals surface area contributed by atoms with Crippen molar-refractivity contribution in [1.29, 1.82) is 0 Å². The molecule has 4 heteroatoms. The zero-order chi connectivity index (χ0) is 12.8. The van der Waals surface area contributed by atoms with Gasteiger partial charge in [0.25, 0.3) is 5.91 Å². The second-order valence-electron chi connectivity index (χ2n) is 4.08. The van der Waals surface area contributed by atoms with Crippen LogP contribution in [0.3, 0.4) is 0 Å². The molecule has 94 valence electrons. The van der Waals surface area contributed by atoms with Gasteiger partial charge in [0, 0.05) is 18.6 Å². The van der Waals surface area contributed by atoms with Gasteiger partial charge in [-0.05, 0) is 37.1 Å². The lowest BCUT2D eigenvalue weighted by molar-refractivity contribution is 0.0907. The Morgan fingerprint density at radius 2 is 2.12 bits per heavy atom. The molecule has 0 heterocycles. The molecule has 1 N–H and O–H groups in total. The molecular weight excluding hydrogens is 238 g/mol. The number of aryl methyl sites for hydroxylation is 2. The first-order valence-electron chi connectivity index (χ1n) is 5.51. The molecule has 0 aliphatic rings. The van der Waals surface area contributed by atoms with Gasteiger partial charge in [-0.3, -0.25) is 4.79 Å². The molecule has 0 spiro atoms. The quantitative estimate of drug-likeness (QED) is 0.820. The first-order valence-corrected chi connectivity index (χ1v) is 6.05. The number of carbonyl (C=O) groups is 1. The van der Waals surface area contributed by atoms with Crippen molar-refractivity contribution in [3.05, 3.63) is 34.9 Å². The lowest BCUT2D eigenvalue weighted by atomic mass is 10.1. The van der Waals surface area contributed by atoms with E-state index in [1.165, 1.54) is 5.56 Å². The Labute approximate surface area is 107 Å². The summed E-state index contributed by atoms with van der Waals surface area (Å²) >= 11 is 5.74. The second kappa shape index (κ2) is 6.62. The fourth-order valence-corrected chi connectivity index (χ4v) is 1.64. The summed E-state index contributed by atoms with van der Waals surface area (Å²) in [7, 11) is 1.59. The Morgan fingerprint density at radius 1 is 1.41 bits per heavy atom. The lowest BCUT2D eigenvalue weighted by Gasteiger charge is -2.15. The SMILES string of the molecule is COCC(CCl)NC(=O)c1ccc(C)c(C)c1. The number of halogens is 1. The van der Waals surface area contributed by atoms with Gasteiger partial charge >= 0.3 is 0 Å². The molecule has 1 aromatic carbocycles. The molecule has 0 radical (unpaired) electrons. The van der Waals surface area contributed by atoms with E-state index in [-0.39, 0.29) is 11.9 Å². The van der Waals surface area contributed by atoms with Crippen LogP contribution >= 0.6 is 11.6 Å². The van der Waals surface area contributed by atoms with Gasteiger partial charge in [0.05, 0.1) is 12.6 Å². The van der Waals surface area contributed by atoms with Crippen LogP contribution in [0.1, 0.15) is 21.5 Å². The van der Waals surface area contributed by atoms with Crippen molar-refractivity contribution in [2.45, 2.75) is 19.9 Å². The van der Waals surface area contributed by atoms with E-state index in [1.807, 2.05) is 32.0 Å². The number of methoxy groups -OCH3 is 1. The Balaban J connectivity index is 2.72. The van der Waals surface area contributed by atoms with E-state index in [9.17, 15) is 4.79 Å². The molecule has 1 aromatic rings. The summed E-state index contributed by atoms with van der Waals surface area (Å²) in [5.41, 5.74) is 2.93. The predicted octanol–water partition coefficient (Wildman–Crippen LogP) is 2.29. The Kier molecular flexibility index (Phi) is 5.45. The van der Waals surface area contributed by atoms with Crippen LogP contribution in [-0.4, -0.2) is 31.5 Å². The van der Waals surface area contributed by atoms with Crippen LogP contribution in [0.4, 0.5) is 0 Å². The molecule has 1 atom stereocenters. The Morgan fingerprint density at radius 3 is 2.65 bits per heavy atom. The van der Waals surface area contributed by atoms with Gasteiger partial charge < -0.3 is 10.1 Å². The highest BCUT2D eigenvalue weighted by molar-refractivity contribution is 6.18. The van der Waals surface area contributed by atoms with Crippen LogP contribution in [-0.2, 0) is 4.74 Å². The van der Waals surface area contributed by atoms with Crippen LogP contribution in [0.15, 0.2) is 18.2 Å². The van der Waals surface area contributed by atoms with Crippen molar-refractivity contribution in [1.82, 2.24) is 5.32 Å². The van der Waals surface area contributed by atoms with Gasteiger partial charge in [-0.25, -0.2) is 0 Å². The van der Waals surface area contributed by atoms with Crippen LogP contribution in [0.5, 0.6) is 0 Å². The number of carbonyl (C=O) groups excluding carboxylic acids is 1. The number of amides is 1. The van der Waals surface area contributed by atoms with Crippen molar-refractivity contribution in [3.63, 3.8) is 0 Å². The van der Waals surface area contributed by atoms with Gasteiger partial charge in [-0.1, -0.05) is 6.07 Å². The number of ether oxygens (including phenoxy) is 1. The molecule has 0 aliphatic heterocycles. The van der Waals surface area contributed by atoms with Crippen LogP contribution < -0.4 is 5.32 Å². The van der Waals surface area contributed by atoms with Gasteiger partial charge in [0.2, 0.25) is 0 Å². The van der Waals surface area contributed by atoms with Crippen LogP contribution in [0.25, 0.3) is 0 Å². The van der Waals surface area contributed by atoms with E-state index in [0.717, 1.165) is 5.56 Å². The summed E-state index contributed by atoms with van der Waals surface area (Å²) in [4.78, 5) is 11.9. The van der Waals surface area contributed by atoms with Crippen LogP contribution in [0.2, 0.25) is 0 Å². The molecular formula is C13H18ClNO2. The number of hydrogen-bond donors (Lipinski definition) is 1. The summed E-state index contributed by atoms with van der Waals surface area (Å²) in [6, 6.07) is 5.48. The van der Waals surface area contributed by atoms with E-state index >= 15 is 0 Å². The molecule has 0 aliphatic carbocycles. The summed E-state index contributed by atoms with van der Waals surface area (Å²) in [5.74, 6) is 0.223. The standard InChI is InChI=1S/C13H18ClNO2/c1-9-4-5-11(6-10(9)2)13(16)15-12(7-14)8-17-3/h4-6,12H,7-8H2,1-3H3,(H,15,16). The normalized spacial score (nSPS) is 12.2. The minimum atomic E-state index is -0.157. The van der Waals surface area contributed by atoms with Gasteiger partial charge in [-0.2, -0.15) is 0 Å². The third-order valence-corrected chi connectivity index (χ3v) is 3.03. The monoisotopic (exact) mass is 255 g/mol. The summed E-state index contributed by atoms with van der Waals surface area (Å²) in [6.45, 7) is 4.42. The summed E-state index contributed by atoms with van der Waals surface area (Å²) < 4.78 is 4.98. The molecule has 3 nitrogen and oxygen atoms in total. The molecule has 0 fully saturated rings. The first kappa shape index (κ1) is 14.0. The largest absolute Gasteiger partial charge is 0.383 e. The van der Waals surface area contributed by atoms with Gasteiger partial charge in [0.15, 0.2) is 0 Å². The Hall–Kier alpha value is -1.06. The zero-order valence-corrected chi connectivity index (χ0v) is 11.2. The van der Waals surface area contributed by atoms with Crippen LogP contribution in [0, 0.1) is 13.8 Å². The molecule has 0 saturated heterocycles. The summed E-state index contributed by atoms with van der Waals surface area (Å²) in [5, 5.41) is 2.83. The molecule has 1 unspecified atom stereocenters. The van der Waals surface area contributed by atoms with Crippen molar-refractivity contribution in [3.8, 4) is 0 Å². The fraction of sp³-hybridized carbons (Fsp3) is 0.462. The molecule has 0 bridgehead atoms. The van der Waals surface area contributed by atoms with Gasteiger partial charge in [-0.15, -0.1) is 11.6 Å². The fourth-order valence-electron chi connectivity index (χ4n) is 1.48. The second-order valence-corrected chi connectivity index (χ2v) is 4.39. The van der Waals surface area contributed by atoms with Crippen molar-refractivity contribution in [2.24, 2.45) is 0 Å². The topological polar surface area (TPSA) is 38.3 Å². The minimum absolute atomic E-state index is 0.115. The van der Waals surface area contributed by atoms with Crippen molar-refractivity contribution in [2.75, 3.05) is 19.6 Å². The molecule has 0 aromatic heterocycles. The number of nitrogens with one attached hydrogen (secondary N) is 1. The highest BCUT2D eigenvalue weighted by Crippen LogP contribution is 2.10. The maximum atomic E-state index is 11.9. The molecule has 0 saturated carbocycles. The van der Waals surface area contributed by atoms with E-state index < -0.39 is 0 Å². The zero-order valence-electron chi connectivity index (χ0n) is 10.4. The number of alkyl halides is 1. The maximum Gasteiger partial charge on any atom is 0.251 e.